The molecule has 5 aromatic carbocycles. The second-order valence-electron chi connectivity index (χ2n) is 6.29. The summed E-state index contributed by atoms with van der Waals surface area (Å²) in [6.45, 7) is 0. The summed E-state index contributed by atoms with van der Waals surface area (Å²) in [7, 11) is 3.58. The fraction of sp³-hybridized carbons (Fsp3) is 0. The SMILES string of the molecule is c1ccc(SSc2ccccc2)cc1.c1ccc2ccccc2c1.c1ccccc1. The van der Waals surface area contributed by atoms with Crippen molar-refractivity contribution in [2.75, 3.05) is 0 Å². The van der Waals surface area contributed by atoms with Crippen LogP contribution in [-0.2, 0) is 0 Å². The molecule has 0 aliphatic rings. The Morgan fingerprint density at radius 3 is 0.800 bits per heavy atom. The predicted octanol–water partition coefficient (Wildman–Crippen LogP) is 9.01. The summed E-state index contributed by atoms with van der Waals surface area (Å²) in [6.07, 6.45) is 0. The Bertz CT molecular complexity index is 947. The Balaban J connectivity index is 0.000000139. The standard InChI is InChI=1S/C12H10S2.C10H8.C6H6/c1-3-7-11(8-4-1)13-14-12-9-5-2-6-10-12;1-2-6-10-8-4-3-7-9(10)5-1;1-2-4-6-5-3-1/h1-10H;1-8H;1-6H. The van der Waals surface area contributed by atoms with Gasteiger partial charge in [0.1, 0.15) is 0 Å². The van der Waals surface area contributed by atoms with Crippen molar-refractivity contribution in [3.05, 3.63) is 146 Å². The molecule has 0 saturated heterocycles. The number of rotatable bonds is 3. The zero-order valence-electron chi connectivity index (χ0n) is 16.7. The third-order valence-corrected chi connectivity index (χ3v) is 6.46. The van der Waals surface area contributed by atoms with Crippen LogP contribution in [0.4, 0.5) is 0 Å². The molecule has 0 spiro atoms. The maximum atomic E-state index is 2.13. The molecule has 5 rings (SSSR count). The van der Waals surface area contributed by atoms with E-state index in [1.807, 2.05) is 48.5 Å². The smallest absolute Gasteiger partial charge is 0.0186 e. The van der Waals surface area contributed by atoms with E-state index in [-0.39, 0.29) is 0 Å². The van der Waals surface area contributed by atoms with Crippen molar-refractivity contribution in [1.82, 2.24) is 0 Å². The lowest BCUT2D eigenvalue weighted by Gasteiger charge is -1.99. The Morgan fingerprint density at radius 1 is 0.267 bits per heavy atom. The summed E-state index contributed by atoms with van der Waals surface area (Å²) >= 11 is 0. The van der Waals surface area contributed by atoms with Crippen LogP contribution in [0.3, 0.4) is 0 Å². The largest absolute Gasteiger partial charge is 0.0623 e. The van der Waals surface area contributed by atoms with Crippen molar-refractivity contribution in [1.29, 1.82) is 0 Å². The number of hydrogen-bond donors (Lipinski definition) is 0. The van der Waals surface area contributed by atoms with Gasteiger partial charge in [0.15, 0.2) is 0 Å². The van der Waals surface area contributed by atoms with Crippen molar-refractivity contribution in [3.63, 3.8) is 0 Å². The molecule has 0 unspecified atom stereocenters. The first kappa shape index (κ1) is 21.8. The van der Waals surface area contributed by atoms with Crippen LogP contribution >= 0.6 is 21.6 Å². The molecule has 0 fully saturated rings. The first-order valence-electron chi connectivity index (χ1n) is 9.80. The highest BCUT2D eigenvalue weighted by Crippen LogP contribution is 2.36. The van der Waals surface area contributed by atoms with Gasteiger partial charge in [-0.1, -0.05) is 143 Å². The van der Waals surface area contributed by atoms with Crippen molar-refractivity contribution in [3.8, 4) is 0 Å². The van der Waals surface area contributed by atoms with Gasteiger partial charge in [0.05, 0.1) is 0 Å². The van der Waals surface area contributed by atoms with E-state index in [0.717, 1.165) is 0 Å². The van der Waals surface area contributed by atoms with E-state index < -0.39 is 0 Å². The summed E-state index contributed by atoms with van der Waals surface area (Å²) in [5.41, 5.74) is 0. The van der Waals surface area contributed by atoms with Gasteiger partial charge in [-0.15, -0.1) is 0 Å². The normalized spacial score (nSPS) is 9.60. The van der Waals surface area contributed by atoms with Crippen LogP contribution in [0.5, 0.6) is 0 Å². The van der Waals surface area contributed by atoms with Crippen LogP contribution in [0, 0.1) is 0 Å². The maximum absolute atomic E-state index is 2.13. The van der Waals surface area contributed by atoms with Crippen molar-refractivity contribution >= 4 is 32.4 Å². The first-order valence-corrected chi connectivity index (χ1v) is 12.0. The molecule has 5 aromatic rings. The highest BCUT2D eigenvalue weighted by Gasteiger charge is 1.94. The van der Waals surface area contributed by atoms with E-state index in [1.165, 1.54) is 20.6 Å². The van der Waals surface area contributed by atoms with Gasteiger partial charge in [0.2, 0.25) is 0 Å². The van der Waals surface area contributed by atoms with Gasteiger partial charge in [-0.25, -0.2) is 0 Å². The lowest BCUT2D eigenvalue weighted by molar-refractivity contribution is 1.47. The number of fused-ring (bicyclic) bond motifs is 1. The van der Waals surface area contributed by atoms with Gasteiger partial charge in [-0.2, -0.15) is 0 Å². The zero-order valence-corrected chi connectivity index (χ0v) is 18.3. The van der Waals surface area contributed by atoms with Crippen LogP contribution in [0.25, 0.3) is 10.8 Å². The average molecular weight is 425 g/mol. The highest BCUT2D eigenvalue weighted by molar-refractivity contribution is 8.76. The molecule has 0 saturated carbocycles. The quantitative estimate of drug-likeness (QED) is 0.265. The van der Waals surface area contributed by atoms with Gasteiger partial charge in [-0.05, 0) is 35.0 Å². The minimum atomic E-state index is 1.29. The summed E-state index contributed by atoms with van der Waals surface area (Å²) in [5, 5.41) is 2.62. The van der Waals surface area contributed by atoms with Crippen molar-refractivity contribution in [2.45, 2.75) is 9.79 Å². The molecule has 30 heavy (non-hydrogen) atoms. The molecule has 0 radical (unpaired) electrons. The number of benzene rings is 5. The highest BCUT2D eigenvalue weighted by atomic mass is 33.1. The van der Waals surface area contributed by atoms with Gasteiger partial charge in [-0.3, -0.25) is 0 Å². The number of hydrogen-bond acceptors (Lipinski definition) is 2. The lowest BCUT2D eigenvalue weighted by Crippen LogP contribution is -1.67. The molecule has 0 atom stereocenters. The van der Waals surface area contributed by atoms with Crippen LogP contribution in [-0.4, -0.2) is 0 Å². The second-order valence-corrected chi connectivity index (χ2v) is 8.57. The molecule has 0 aliphatic carbocycles. The summed E-state index contributed by atoms with van der Waals surface area (Å²) in [5.74, 6) is 0. The molecule has 0 heterocycles. The van der Waals surface area contributed by atoms with Gasteiger partial charge in [0, 0.05) is 9.79 Å². The molecular weight excluding hydrogens is 400 g/mol. The van der Waals surface area contributed by atoms with Crippen LogP contribution in [0.15, 0.2) is 155 Å². The molecule has 148 valence electrons. The molecule has 0 aliphatic heterocycles. The topological polar surface area (TPSA) is 0 Å². The minimum absolute atomic E-state index is 1.29. The molecule has 0 nitrogen and oxygen atoms in total. The Kier molecular flexibility index (Phi) is 9.66. The Morgan fingerprint density at radius 2 is 0.500 bits per heavy atom. The lowest BCUT2D eigenvalue weighted by atomic mass is 10.1. The maximum Gasteiger partial charge on any atom is 0.0186 e. The zero-order chi connectivity index (χ0) is 20.7. The van der Waals surface area contributed by atoms with E-state index >= 15 is 0 Å². The Labute approximate surface area is 187 Å². The molecular formula is C28H24S2. The van der Waals surface area contributed by atoms with Crippen molar-refractivity contribution in [2.24, 2.45) is 0 Å². The third kappa shape index (κ3) is 8.20. The van der Waals surface area contributed by atoms with E-state index in [2.05, 4.69) is 97.1 Å². The summed E-state index contributed by atoms with van der Waals surface area (Å²) in [4.78, 5) is 2.59. The molecule has 0 amide bonds. The fourth-order valence-corrected chi connectivity index (χ4v) is 4.54. The summed E-state index contributed by atoms with van der Waals surface area (Å²) < 4.78 is 0. The van der Waals surface area contributed by atoms with Gasteiger partial charge < -0.3 is 0 Å². The monoisotopic (exact) mass is 424 g/mol. The van der Waals surface area contributed by atoms with Crippen LogP contribution in [0.1, 0.15) is 0 Å². The van der Waals surface area contributed by atoms with E-state index in [0.29, 0.717) is 0 Å². The van der Waals surface area contributed by atoms with Gasteiger partial charge >= 0.3 is 0 Å². The predicted molar refractivity (Wildman–Crippen MR) is 135 cm³/mol. The first-order chi connectivity index (χ1) is 14.9. The van der Waals surface area contributed by atoms with Gasteiger partial charge in [0.25, 0.3) is 0 Å². The summed E-state index contributed by atoms with van der Waals surface area (Å²) in [6, 6.07) is 49.5. The average Bonchev–Trinajstić information content (AvgIpc) is 2.86. The second kappa shape index (κ2) is 13.3. The molecule has 0 N–H and O–H groups in total. The Hall–Kier alpha value is -2.94. The third-order valence-electron chi connectivity index (χ3n) is 4.05. The molecule has 2 heteroatoms. The van der Waals surface area contributed by atoms with E-state index in [9.17, 15) is 0 Å². The minimum Gasteiger partial charge on any atom is -0.0623 e. The van der Waals surface area contributed by atoms with Crippen molar-refractivity contribution < 1.29 is 0 Å². The van der Waals surface area contributed by atoms with Crippen LogP contribution in [0.2, 0.25) is 0 Å². The van der Waals surface area contributed by atoms with Crippen LogP contribution < -0.4 is 0 Å². The van der Waals surface area contributed by atoms with E-state index in [1.54, 1.807) is 21.6 Å². The van der Waals surface area contributed by atoms with E-state index in [4.69, 9.17) is 0 Å². The molecule has 0 bridgehead atoms. The molecule has 0 aromatic heterocycles. The fourth-order valence-electron chi connectivity index (χ4n) is 2.57.